The third-order valence-electron chi connectivity index (χ3n) is 5.46. The molecule has 0 aliphatic heterocycles. The van der Waals surface area contributed by atoms with Crippen molar-refractivity contribution in [3.8, 4) is 0 Å². The van der Waals surface area contributed by atoms with Gasteiger partial charge in [-0.15, -0.1) is 0 Å². The van der Waals surface area contributed by atoms with Gasteiger partial charge in [-0.2, -0.15) is 0 Å². The first kappa shape index (κ1) is 27.7. The van der Waals surface area contributed by atoms with Crippen molar-refractivity contribution in [3.05, 3.63) is 64.7 Å². The summed E-state index contributed by atoms with van der Waals surface area (Å²) in [6.07, 6.45) is 1.87. The van der Waals surface area contributed by atoms with Gasteiger partial charge in [0.2, 0.25) is 21.8 Å². The van der Waals surface area contributed by atoms with Crippen LogP contribution < -0.4 is 9.62 Å². The van der Waals surface area contributed by atoms with Crippen molar-refractivity contribution < 1.29 is 18.0 Å². The second-order valence-corrected chi connectivity index (χ2v) is 11.0. The van der Waals surface area contributed by atoms with Crippen LogP contribution in [0.25, 0.3) is 0 Å². The van der Waals surface area contributed by atoms with E-state index in [1.54, 1.807) is 43.3 Å². The minimum atomic E-state index is -3.76. The molecule has 1 N–H and O–H groups in total. The van der Waals surface area contributed by atoms with E-state index >= 15 is 0 Å². The number of nitrogens with zero attached hydrogens (tertiary/aromatic N) is 2. The maximum absolute atomic E-state index is 13.5. The second-order valence-electron chi connectivity index (χ2n) is 8.72. The number of amides is 2. The highest BCUT2D eigenvalue weighted by Crippen LogP contribution is 2.22. The standard InChI is InChI=1S/C25H34ClN3O4S/c1-6-20-11-13-22(14-12-20)29(34(5,32)33)17-24(30)28(16-21-9-7-8-10-23(21)26)19(4)25(31)27-15-18(2)3/h7-14,18-19H,6,15-17H2,1-5H3,(H,27,31). The maximum atomic E-state index is 13.5. The molecule has 0 aliphatic rings. The van der Waals surface area contributed by atoms with Crippen molar-refractivity contribution in [1.82, 2.24) is 10.2 Å². The van der Waals surface area contributed by atoms with Crippen molar-refractivity contribution in [1.29, 1.82) is 0 Å². The van der Waals surface area contributed by atoms with Gasteiger partial charge >= 0.3 is 0 Å². The summed E-state index contributed by atoms with van der Waals surface area (Å²) in [7, 11) is -3.76. The van der Waals surface area contributed by atoms with Crippen LogP contribution in [0, 0.1) is 5.92 Å². The molecule has 9 heteroatoms. The van der Waals surface area contributed by atoms with E-state index in [4.69, 9.17) is 11.6 Å². The number of carbonyl (C=O) groups is 2. The van der Waals surface area contributed by atoms with Gasteiger partial charge in [0.05, 0.1) is 11.9 Å². The molecule has 1 atom stereocenters. The summed E-state index contributed by atoms with van der Waals surface area (Å²) in [5.74, 6) is -0.569. The molecule has 0 aliphatic carbocycles. The SMILES string of the molecule is CCc1ccc(N(CC(=O)N(Cc2ccccc2Cl)C(C)C(=O)NCC(C)C)S(C)(=O)=O)cc1. The molecule has 2 rings (SSSR count). The predicted octanol–water partition coefficient (Wildman–Crippen LogP) is 3.86. The van der Waals surface area contributed by atoms with Gasteiger partial charge in [-0.25, -0.2) is 8.42 Å². The molecule has 0 bridgehead atoms. The number of hydrogen-bond acceptors (Lipinski definition) is 4. The van der Waals surface area contributed by atoms with Gasteiger partial charge in [0, 0.05) is 18.1 Å². The third kappa shape index (κ3) is 7.74. The number of halogens is 1. The van der Waals surface area contributed by atoms with E-state index in [2.05, 4.69) is 5.32 Å². The lowest BCUT2D eigenvalue weighted by Gasteiger charge is -2.32. The van der Waals surface area contributed by atoms with Gasteiger partial charge in [-0.3, -0.25) is 13.9 Å². The summed E-state index contributed by atoms with van der Waals surface area (Å²) in [4.78, 5) is 27.7. The predicted molar refractivity (Wildman–Crippen MR) is 137 cm³/mol. The Kier molecular flexibility index (Phi) is 9.94. The fraction of sp³-hybridized carbons (Fsp3) is 0.440. The first-order chi connectivity index (χ1) is 15.9. The Morgan fingerprint density at radius 3 is 2.18 bits per heavy atom. The maximum Gasteiger partial charge on any atom is 0.244 e. The van der Waals surface area contributed by atoms with Crippen LogP contribution in [0.3, 0.4) is 0 Å². The van der Waals surface area contributed by atoms with Crippen LogP contribution in [0.5, 0.6) is 0 Å². The van der Waals surface area contributed by atoms with Crippen molar-refractivity contribution in [3.63, 3.8) is 0 Å². The van der Waals surface area contributed by atoms with E-state index < -0.39 is 28.5 Å². The summed E-state index contributed by atoms with van der Waals surface area (Å²) in [5.41, 5.74) is 2.11. The molecule has 0 saturated heterocycles. The minimum Gasteiger partial charge on any atom is -0.354 e. The average Bonchev–Trinajstić information content (AvgIpc) is 2.79. The van der Waals surface area contributed by atoms with Gasteiger partial charge in [0.1, 0.15) is 12.6 Å². The highest BCUT2D eigenvalue weighted by molar-refractivity contribution is 7.92. The van der Waals surface area contributed by atoms with E-state index in [-0.39, 0.29) is 18.4 Å². The topological polar surface area (TPSA) is 86.8 Å². The Bertz CT molecular complexity index is 1090. The Morgan fingerprint density at radius 2 is 1.65 bits per heavy atom. The molecule has 0 radical (unpaired) electrons. The van der Waals surface area contributed by atoms with Gasteiger partial charge in [0.25, 0.3) is 0 Å². The van der Waals surface area contributed by atoms with Crippen LogP contribution in [0.2, 0.25) is 5.02 Å². The molecule has 1 unspecified atom stereocenters. The first-order valence-electron chi connectivity index (χ1n) is 11.3. The van der Waals surface area contributed by atoms with Crippen molar-refractivity contribution in [2.24, 2.45) is 5.92 Å². The molecule has 2 aromatic carbocycles. The fourth-order valence-electron chi connectivity index (χ4n) is 3.36. The molecule has 0 spiro atoms. The Labute approximate surface area is 208 Å². The van der Waals surface area contributed by atoms with Crippen LogP contribution in [0.15, 0.2) is 48.5 Å². The summed E-state index contributed by atoms with van der Waals surface area (Å²) in [6.45, 7) is 7.70. The van der Waals surface area contributed by atoms with Crippen LogP contribution in [0.1, 0.15) is 38.8 Å². The summed E-state index contributed by atoms with van der Waals surface area (Å²) in [5, 5.41) is 3.31. The highest BCUT2D eigenvalue weighted by atomic mass is 35.5. The normalized spacial score (nSPS) is 12.3. The fourth-order valence-corrected chi connectivity index (χ4v) is 4.40. The van der Waals surface area contributed by atoms with Gasteiger partial charge < -0.3 is 10.2 Å². The van der Waals surface area contributed by atoms with Crippen molar-refractivity contribution >= 4 is 39.1 Å². The lowest BCUT2D eigenvalue weighted by atomic mass is 10.1. The number of hydrogen-bond donors (Lipinski definition) is 1. The molecule has 186 valence electrons. The Hall–Kier alpha value is -2.58. The second kappa shape index (κ2) is 12.2. The lowest BCUT2D eigenvalue weighted by Crippen LogP contribution is -2.51. The highest BCUT2D eigenvalue weighted by Gasteiger charge is 2.30. The third-order valence-corrected chi connectivity index (χ3v) is 6.97. The van der Waals surface area contributed by atoms with Crippen molar-refractivity contribution in [2.45, 2.75) is 46.7 Å². The molecule has 7 nitrogen and oxygen atoms in total. The van der Waals surface area contributed by atoms with Crippen LogP contribution in [-0.4, -0.2) is 50.5 Å². The molecule has 0 heterocycles. The van der Waals surface area contributed by atoms with Gasteiger partial charge in [0.15, 0.2) is 0 Å². The molecule has 0 saturated carbocycles. The van der Waals surface area contributed by atoms with Crippen LogP contribution >= 0.6 is 11.6 Å². The monoisotopic (exact) mass is 507 g/mol. The first-order valence-corrected chi connectivity index (χ1v) is 13.5. The number of benzene rings is 2. The van der Waals surface area contributed by atoms with E-state index in [9.17, 15) is 18.0 Å². The number of aryl methyl sites for hydroxylation is 1. The zero-order valence-corrected chi connectivity index (χ0v) is 22.0. The van der Waals surface area contributed by atoms with E-state index in [1.807, 2.05) is 32.9 Å². The average molecular weight is 508 g/mol. The number of sulfonamides is 1. The lowest BCUT2D eigenvalue weighted by molar-refractivity contribution is -0.139. The molecule has 0 aromatic heterocycles. The van der Waals surface area contributed by atoms with E-state index in [1.165, 1.54) is 4.90 Å². The summed E-state index contributed by atoms with van der Waals surface area (Å²) in [6, 6.07) is 13.3. The van der Waals surface area contributed by atoms with Crippen molar-refractivity contribution in [2.75, 3.05) is 23.7 Å². The Balaban J connectivity index is 2.37. The number of anilines is 1. The smallest absolute Gasteiger partial charge is 0.244 e. The van der Waals surface area contributed by atoms with E-state index in [0.717, 1.165) is 22.5 Å². The Morgan fingerprint density at radius 1 is 1.03 bits per heavy atom. The molecule has 34 heavy (non-hydrogen) atoms. The number of carbonyl (C=O) groups excluding carboxylic acids is 2. The summed E-state index contributed by atoms with van der Waals surface area (Å²) >= 11 is 6.32. The molecule has 2 aromatic rings. The quantitative estimate of drug-likeness (QED) is 0.500. The van der Waals surface area contributed by atoms with Crippen LogP contribution in [-0.2, 0) is 32.6 Å². The molecular weight excluding hydrogens is 474 g/mol. The zero-order chi connectivity index (χ0) is 25.5. The largest absolute Gasteiger partial charge is 0.354 e. The molecular formula is C25H34ClN3O4S. The number of rotatable bonds is 11. The van der Waals surface area contributed by atoms with Gasteiger partial charge in [-0.1, -0.05) is 62.7 Å². The molecule has 0 fully saturated rings. The minimum absolute atomic E-state index is 0.0706. The van der Waals surface area contributed by atoms with Crippen LogP contribution in [0.4, 0.5) is 5.69 Å². The van der Waals surface area contributed by atoms with E-state index in [0.29, 0.717) is 22.8 Å². The zero-order valence-electron chi connectivity index (χ0n) is 20.4. The molecule has 2 amide bonds. The summed E-state index contributed by atoms with van der Waals surface area (Å²) < 4.78 is 26.2. The van der Waals surface area contributed by atoms with Gasteiger partial charge in [-0.05, 0) is 48.6 Å². The number of nitrogens with one attached hydrogen (secondary N) is 1.